The van der Waals surface area contributed by atoms with Gasteiger partial charge in [-0.25, -0.2) is 0 Å². The van der Waals surface area contributed by atoms with E-state index >= 15 is 0 Å². The lowest BCUT2D eigenvalue weighted by Gasteiger charge is -2.32. The van der Waals surface area contributed by atoms with Crippen molar-refractivity contribution >= 4 is 6.08 Å². The van der Waals surface area contributed by atoms with Gasteiger partial charge in [-0.1, -0.05) is 11.6 Å². The van der Waals surface area contributed by atoms with Gasteiger partial charge in [0, 0.05) is 0 Å². The number of allylic oxidation sites excluding steroid dienone is 2. The zero-order chi connectivity index (χ0) is 14.8. The molecule has 0 amide bonds. The lowest BCUT2D eigenvalue weighted by molar-refractivity contribution is 0.128. The van der Waals surface area contributed by atoms with Crippen LogP contribution in [0.3, 0.4) is 0 Å². The average molecular weight is 272 g/mol. The number of benzene rings is 1. The van der Waals surface area contributed by atoms with Gasteiger partial charge in [0.1, 0.15) is 17.1 Å². The lowest BCUT2D eigenvalue weighted by Crippen LogP contribution is -2.31. The summed E-state index contributed by atoms with van der Waals surface area (Å²) < 4.78 is 11.7. The minimum atomic E-state index is -0.238. The van der Waals surface area contributed by atoms with Crippen LogP contribution in [0.2, 0.25) is 0 Å². The average Bonchev–Trinajstić information content (AvgIpc) is 2.36. The van der Waals surface area contributed by atoms with E-state index in [-0.39, 0.29) is 5.60 Å². The maximum Gasteiger partial charge on any atom is 0.131 e. The fraction of sp³-hybridized carbons (Fsp3) is 0.444. The molecule has 1 unspecified atom stereocenters. The Labute approximate surface area is 122 Å². The number of methoxy groups -OCH3 is 1. The molecule has 0 radical (unpaired) electrons. The predicted octanol–water partition coefficient (Wildman–Crippen LogP) is 4.91. The Hall–Kier alpha value is -1.70. The monoisotopic (exact) mass is 272 g/mol. The van der Waals surface area contributed by atoms with Gasteiger partial charge < -0.3 is 9.47 Å². The minimum absolute atomic E-state index is 0.238. The number of aryl methyl sites for hydroxylation is 1. The standard InChI is InChI=1S/C18H24O2/c1-13(2)7-6-9-18(4)10-8-15-16(19-5)11-14(3)12-17(15)20-18/h7-8,10-12H,6,9H2,1-5H3. The highest BCUT2D eigenvalue weighted by molar-refractivity contribution is 5.68. The normalized spacial score (nSPS) is 20.1. The molecule has 1 aromatic rings. The van der Waals surface area contributed by atoms with Crippen molar-refractivity contribution in [3.8, 4) is 11.5 Å². The summed E-state index contributed by atoms with van der Waals surface area (Å²) in [6.45, 7) is 8.46. The maximum atomic E-state index is 6.23. The molecule has 108 valence electrons. The number of rotatable bonds is 4. The molecule has 1 atom stereocenters. The Morgan fingerprint density at radius 2 is 2.10 bits per heavy atom. The molecule has 1 aromatic carbocycles. The SMILES string of the molecule is COc1cc(C)cc2c1C=CC(C)(CCC=C(C)C)O2. The zero-order valence-electron chi connectivity index (χ0n) is 13.1. The number of ether oxygens (including phenoxy) is 2. The van der Waals surface area contributed by atoms with Gasteiger partial charge in [0.2, 0.25) is 0 Å². The van der Waals surface area contributed by atoms with Crippen LogP contribution in [0.1, 0.15) is 44.7 Å². The van der Waals surface area contributed by atoms with Gasteiger partial charge in [0.15, 0.2) is 0 Å². The van der Waals surface area contributed by atoms with Gasteiger partial charge in [-0.05, 0) is 70.4 Å². The van der Waals surface area contributed by atoms with Gasteiger partial charge in [0.25, 0.3) is 0 Å². The van der Waals surface area contributed by atoms with Crippen molar-refractivity contribution in [3.63, 3.8) is 0 Å². The lowest BCUT2D eigenvalue weighted by atomic mass is 9.94. The van der Waals surface area contributed by atoms with Crippen LogP contribution in [0.15, 0.2) is 29.9 Å². The van der Waals surface area contributed by atoms with Gasteiger partial charge >= 0.3 is 0 Å². The van der Waals surface area contributed by atoms with E-state index in [1.54, 1.807) is 7.11 Å². The Balaban J connectivity index is 2.23. The third kappa shape index (κ3) is 3.24. The fourth-order valence-corrected chi connectivity index (χ4v) is 2.48. The van der Waals surface area contributed by atoms with E-state index in [2.05, 4.69) is 52.0 Å². The van der Waals surface area contributed by atoms with Gasteiger partial charge in [-0.3, -0.25) is 0 Å². The molecule has 2 heteroatoms. The molecule has 0 spiro atoms. The molecule has 0 saturated carbocycles. The molecule has 0 bridgehead atoms. The molecular formula is C18H24O2. The first-order chi connectivity index (χ1) is 9.43. The van der Waals surface area contributed by atoms with E-state index in [1.165, 1.54) is 5.57 Å². The van der Waals surface area contributed by atoms with Gasteiger partial charge in [0.05, 0.1) is 12.7 Å². The van der Waals surface area contributed by atoms with Crippen LogP contribution in [0, 0.1) is 6.92 Å². The number of fused-ring (bicyclic) bond motifs is 1. The van der Waals surface area contributed by atoms with E-state index < -0.39 is 0 Å². The van der Waals surface area contributed by atoms with Crippen molar-refractivity contribution in [2.75, 3.05) is 7.11 Å². The molecule has 1 aliphatic rings. The summed E-state index contributed by atoms with van der Waals surface area (Å²) >= 11 is 0. The highest BCUT2D eigenvalue weighted by Crippen LogP contribution is 2.39. The molecule has 0 fully saturated rings. The van der Waals surface area contributed by atoms with Crippen LogP contribution in [-0.2, 0) is 0 Å². The summed E-state index contributed by atoms with van der Waals surface area (Å²) in [5, 5.41) is 0. The Morgan fingerprint density at radius 3 is 2.75 bits per heavy atom. The second kappa shape index (κ2) is 5.74. The van der Waals surface area contributed by atoms with Crippen LogP contribution in [-0.4, -0.2) is 12.7 Å². The quantitative estimate of drug-likeness (QED) is 0.725. The second-order valence-corrected chi connectivity index (χ2v) is 5.95. The van der Waals surface area contributed by atoms with E-state index in [4.69, 9.17) is 9.47 Å². The highest BCUT2D eigenvalue weighted by Gasteiger charge is 2.28. The van der Waals surface area contributed by atoms with E-state index in [0.717, 1.165) is 35.5 Å². The second-order valence-electron chi connectivity index (χ2n) is 5.95. The number of hydrogen-bond donors (Lipinski definition) is 0. The first kappa shape index (κ1) is 14.7. The van der Waals surface area contributed by atoms with Crippen molar-refractivity contribution in [2.24, 2.45) is 0 Å². The van der Waals surface area contributed by atoms with Crippen molar-refractivity contribution in [2.45, 2.75) is 46.1 Å². The van der Waals surface area contributed by atoms with Crippen LogP contribution in [0.25, 0.3) is 6.08 Å². The van der Waals surface area contributed by atoms with E-state index in [9.17, 15) is 0 Å². The topological polar surface area (TPSA) is 18.5 Å². The van der Waals surface area contributed by atoms with E-state index in [0.29, 0.717) is 0 Å². The molecule has 0 N–H and O–H groups in total. The molecule has 1 heterocycles. The molecule has 20 heavy (non-hydrogen) atoms. The Morgan fingerprint density at radius 1 is 1.35 bits per heavy atom. The summed E-state index contributed by atoms with van der Waals surface area (Å²) in [7, 11) is 1.70. The number of hydrogen-bond acceptors (Lipinski definition) is 2. The molecule has 1 aliphatic heterocycles. The van der Waals surface area contributed by atoms with Crippen molar-refractivity contribution in [1.29, 1.82) is 0 Å². The zero-order valence-corrected chi connectivity index (χ0v) is 13.1. The largest absolute Gasteiger partial charge is 0.496 e. The Kier molecular flexibility index (Phi) is 4.22. The van der Waals surface area contributed by atoms with E-state index in [1.807, 2.05) is 6.07 Å². The minimum Gasteiger partial charge on any atom is -0.496 e. The van der Waals surface area contributed by atoms with Crippen LogP contribution < -0.4 is 9.47 Å². The van der Waals surface area contributed by atoms with Gasteiger partial charge in [-0.15, -0.1) is 0 Å². The third-order valence-corrected chi connectivity index (χ3v) is 3.61. The molecule has 0 aromatic heterocycles. The highest BCUT2D eigenvalue weighted by atomic mass is 16.5. The van der Waals surface area contributed by atoms with Crippen LogP contribution in [0.5, 0.6) is 11.5 Å². The van der Waals surface area contributed by atoms with Gasteiger partial charge in [-0.2, -0.15) is 0 Å². The molecule has 2 nitrogen and oxygen atoms in total. The summed E-state index contributed by atoms with van der Waals surface area (Å²) in [6.07, 6.45) is 8.53. The summed E-state index contributed by atoms with van der Waals surface area (Å²) in [6, 6.07) is 4.12. The first-order valence-electron chi connectivity index (χ1n) is 7.14. The molecule has 0 aliphatic carbocycles. The molecule has 0 saturated heterocycles. The summed E-state index contributed by atoms with van der Waals surface area (Å²) in [4.78, 5) is 0. The maximum absolute atomic E-state index is 6.23. The Bertz CT molecular complexity index is 551. The van der Waals surface area contributed by atoms with Crippen molar-refractivity contribution in [3.05, 3.63) is 41.0 Å². The third-order valence-electron chi connectivity index (χ3n) is 3.61. The first-order valence-corrected chi connectivity index (χ1v) is 7.14. The van der Waals surface area contributed by atoms with Crippen molar-refractivity contribution < 1.29 is 9.47 Å². The predicted molar refractivity (Wildman–Crippen MR) is 84.5 cm³/mol. The van der Waals surface area contributed by atoms with Crippen LogP contribution in [0.4, 0.5) is 0 Å². The van der Waals surface area contributed by atoms with Crippen molar-refractivity contribution in [1.82, 2.24) is 0 Å². The smallest absolute Gasteiger partial charge is 0.131 e. The fourth-order valence-electron chi connectivity index (χ4n) is 2.48. The molecular weight excluding hydrogens is 248 g/mol. The summed E-state index contributed by atoms with van der Waals surface area (Å²) in [5.41, 5.74) is 3.31. The van der Waals surface area contributed by atoms with Crippen LogP contribution >= 0.6 is 0 Å². The summed E-state index contributed by atoms with van der Waals surface area (Å²) in [5.74, 6) is 1.80. The molecule has 2 rings (SSSR count).